The van der Waals surface area contributed by atoms with Crippen molar-refractivity contribution >= 4 is 5.91 Å². The molecule has 0 heterocycles. The summed E-state index contributed by atoms with van der Waals surface area (Å²) in [6, 6.07) is 5.92. The van der Waals surface area contributed by atoms with E-state index in [2.05, 4.69) is 19.9 Å². The van der Waals surface area contributed by atoms with Gasteiger partial charge in [0, 0.05) is 5.56 Å². The number of benzene rings is 1. The Kier molecular flexibility index (Phi) is 2.75. The van der Waals surface area contributed by atoms with Gasteiger partial charge in [0.1, 0.15) is 0 Å². The van der Waals surface area contributed by atoms with Crippen molar-refractivity contribution in [1.82, 2.24) is 0 Å². The van der Waals surface area contributed by atoms with Gasteiger partial charge in [-0.3, -0.25) is 4.79 Å². The van der Waals surface area contributed by atoms with Gasteiger partial charge >= 0.3 is 0 Å². The topological polar surface area (TPSA) is 43.1 Å². The van der Waals surface area contributed by atoms with E-state index in [0.29, 0.717) is 5.56 Å². The van der Waals surface area contributed by atoms with Gasteiger partial charge < -0.3 is 5.73 Å². The zero-order valence-electron chi connectivity index (χ0n) is 10.0. The third-order valence-electron chi connectivity index (χ3n) is 4.00. The molecule has 0 aromatic heterocycles. The van der Waals surface area contributed by atoms with E-state index < -0.39 is 0 Å². The number of carbonyl (C=O) groups is 1. The minimum absolute atomic E-state index is 0.221. The second kappa shape index (κ2) is 3.93. The first kappa shape index (κ1) is 11.2. The lowest BCUT2D eigenvalue weighted by Crippen LogP contribution is -2.27. The Balaban J connectivity index is 2.53. The molecule has 0 saturated carbocycles. The number of rotatable bonds is 2. The summed E-state index contributed by atoms with van der Waals surface area (Å²) >= 11 is 0. The molecule has 2 N–H and O–H groups in total. The lowest BCUT2D eigenvalue weighted by Gasteiger charge is -2.35. The van der Waals surface area contributed by atoms with Crippen LogP contribution in [0.1, 0.15) is 54.6 Å². The van der Waals surface area contributed by atoms with Crippen molar-refractivity contribution in [1.29, 1.82) is 0 Å². The number of hydrogen-bond donors (Lipinski definition) is 1. The molecule has 1 atom stereocenters. The van der Waals surface area contributed by atoms with Gasteiger partial charge in [0.25, 0.3) is 0 Å². The number of fused-ring (bicyclic) bond motifs is 1. The minimum atomic E-state index is -0.327. The molecule has 0 aliphatic heterocycles. The van der Waals surface area contributed by atoms with E-state index in [-0.39, 0.29) is 11.3 Å². The molecule has 1 aliphatic carbocycles. The first-order valence-electron chi connectivity index (χ1n) is 6.00. The van der Waals surface area contributed by atoms with Crippen LogP contribution >= 0.6 is 0 Å². The summed E-state index contributed by atoms with van der Waals surface area (Å²) in [4.78, 5) is 11.2. The molecule has 0 saturated heterocycles. The summed E-state index contributed by atoms with van der Waals surface area (Å²) in [6.07, 6.45) is 4.69. The Morgan fingerprint density at radius 1 is 1.50 bits per heavy atom. The fraction of sp³-hybridized carbons (Fsp3) is 0.500. The van der Waals surface area contributed by atoms with E-state index in [1.54, 1.807) is 0 Å². The molecule has 2 nitrogen and oxygen atoms in total. The molecular formula is C14H19NO. The summed E-state index contributed by atoms with van der Waals surface area (Å²) in [5, 5.41) is 0. The number of aryl methyl sites for hydroxylation is 1. The molecular weight excluding hydrogens is 198 g/mol. The highest BCUT2D eigenvalue weighted by Gasteiger charge is 2.30. The van der Waals surface area contributed by atoms with Crippen LogP contribution in [0.15, 0.2) is 18.2 Å². The normalized spacial score (nSPS) is 23.9. The maximum absolute atomic E-state index is 11.2. The molecule has 16 heavy (non-hydrogen) atoms. The van der Waals surface area contributed by atoms with E-state index in [4.69, 9.17) is 5.73 Å². The number of primary amides is 1. The van der Waals surface area contributed by atoms with Crippen LogP contribution in [0.4, 0.5) is 0 Å². The molecule has 1 aliphatic rings. The monoisotopic (exact) mass is 217 g/mol. The Labute approximate surface area is 96.8 Å². The molecule has 1 amide bonds. The molecule has 1 aromatic rings. The van der Waals surface area contributed by atoms with Gasteiger partial charge in [0.2, 0.25) is 5.91 Å². The fourth-order valence-corrected chi connectivity index (χ4v) is 2.68. The number of carbonyl (C=O) groups excluding carboxylic acids is 1. The van der Waals surface area contributed by atoms with Gasteiger partial charge in [0.15, 0.2) is 0 Å². The Morgan fingerprint density at radius 2 is 2.25 bits per heavy atom. The van der Waals surface area contributed by atoms with Gasteiger partial charge in [0.05, 0.1) is 0 Å². The Bertz CT molecular complexity index is 425. The van der Waals surface area contributed by atoms with E-state index >= 15 is 0 Å². The molecule has 86 valence electrons. The van der Waals surface area contributed by atoms with Crippen LogP contribution in [0.5, 0.6) is 0 Å². The van der Waals surface area contributed by atoms with Crippen molar-refractivity contribution in [3.63, 3.8) is 0 Å². The van der Waals surface area contributed by atoms with Crippen LogP contribution in [-0.4, -0.2) is 5.91 Å². The van der Waals surface area contributed by atoms with Crippen LogP contribution in [0, 0.1) is 0 Å². The maximum atomic E-state index is 11.2. The van der Waals surface area contributed by atoms with E-state index in [1.807, 2.05) is 12.1 Å². The smallest absolute Gasteiger partial charge is 0.248 e. The third kappa shape index (κ3) is 1.73. The summed E-state index contributed by atoms with van der Waals surface area (Å²) in [7, 11) is 0. The quantitative estimate of drug-likeness (QED) is 0.813. The molecule has 0 spiro atoms. The minimum Gasteiger partial charge on any atom is -0.366 e. The van der Waals surface area contributed by atoms with E-state index in [0.717, 1.165) is 12.8 Å². The highest BCUT2D eigenvalue weighted by molar-refractivity contribution is 5.93. The zero-order valence-corrected chi connectivity index (χ0v) is 10.0. The van der Waals surface area contributed by atoms with E-state index in [9.17, 15) is 4.79 Å². The van der Waals surface area contributed by atoms with Gasteiger partial charge in [-0.25, -0.2) is 0 Å². The lowest BCUT2D eigenvalue weighted by atomic mass is 9.69. The highest BCUT2D eigenvalue weighted by atomic mass is 16.1. The first-order valence-corrected chi connectivity index (χ1v) is 6.00. The summed E-state index contributed by atoms with van der Waals surface area (Å²) in [6.45, 7) is 4.50. The Morgan fingerprint density at radius 3 is 2.88 bits per heavy atom. The predicted molar refractivity (Wildman–Crippen MR) is 65.5 cm³/mol. The molecule has 1 unspecified atom stereocenters. The summed E-state index contributed by atoms with van der Waals surface area (Å²) in [5.74, 6) is -0.327. The van der Waals surface area contributed by atoms with Crippen LogP contribution in [0.2, 0.25) is 0 Å². The fourth-order valence-electron chi connectivity index (χ4n) is 2.68. The number of hydrogen-bond acceptors (Lipinski definition) is 1. The van der Waals surface area contributed by atoms with Gasteiger partial charge in [-0.05, 0) is 54.4 Å². The molecule has 1 aromatic carbocycles. The molecule has 0 bridgehead atoms. The first-order chi connectivity index (χ1) is 7.57. The van der Waals surface area contributed by atoms with E-state index in [1.165, 1.54) is 24.0 Å². The second-order valence-electron chi connectivity index (χ2n) is 5.00. The highest BCUT2D eigenvalue weighted by Crippen LogP contribution is 2.39. The molecule has 0 radical (unpaired) electrons. The maximum Gasteiger partial charge on any atom is 0.248 e. The van der Waals surface area contributed by atoms with Gasteiger partial charge in [-0.15, -0.1) is 0 Å². The van der Waals surface area contributed by atoms with Crippen molar-refractivity contribution in [2.75, 3.05) is 0 Å². The third-order valence-corrected chi connectivity index (χ3v) is 4.00. The van der Waals surface area contributed by atoms with Crippen molar-refractivity contribution in [2.24, 2.45) is 5.73 Å². The average Bonchev–Trinajstić information content (AvgIpc) is 2.29. The molecule has 2 rings (SSSR count). The van der Waals surface area contributed by atoms with Crippen LogP contribution < -0.4 is 5.73 Å². The largest absolute Gasteiger partial charge is 0.366 e. The SMILES string of the molecule is CCC1(C)CCCc2ccc(C(N)=O)cc21. The van der Waals surface area contributed by atoms with Crippen molar-refractivity contribution in [3.8, 4) is 0 Å². The standard InChI is InChI=1S/C14H19NO/c1-3-14(2)8-4-5-10-6-7-11(13(15)16)9-12(10)14/h6-7,9H,3-5,8H2,1-2H3,(H2,15,16). The van der Waals surface area contributed by atoms with Crippen LogP contribution in [0.3, 0.4) is 0 Å². The Hall–Kier alpha value is -1.31. The average molecular weight is 217 g/mol. The van der Waals surface area contributed by atoms with Crippen molar-refractivity contribution in [3.05, 3.63) is 34.9 Å². The van der Waals surface area contributed by atoms with Crippen molar-refractivity contribution < 1.29 is 4.79 Å². The summed E-state index contributed by atoms with van der Waals surface area (Å²) < 4.78 is 0. The number of nitrogens with two attached hydrogens (primary N) is 1. The predicted octanol–water partition coefficient (Wildman–Crippen LogP) is 2.79. The second-order valence-corrected chi connectivity index (χ2v) is 5.00. The zero-order chi connectivity index (χ0) is 11.8. The lowest BCUT2D eigenvalue weighted by molar-refractivity contribution is 0.1000. The summed E-state index contributed by atoms with van der Waals surface area (Å²) in [5.41, 5.74) is 8.92. The van der Waals surface area contributed by atoms with Gasteiger partial charge in [-0.2, -0.15) is 0 Å². The molecule has 0 fully saturated rings. The number of amides is 1. The van der Waals surface area contributed by atoms with Crippen LogP contribution in [-0.2, 0) is 11.8 Å². The molecule has 2 heteroatoms. The van der Waals surface area contributed by atoms with Crippen LogP contribution in [0.25, 0.3) is 0 Å². The van der Waals surface area contributed by atoms with Crippen molar-refractivity contribution in [2.45, 2.75) is 44.9 Å². The van der Waals surface area contributed by atoms with Gasteiger partial charge in [-0.1, -0.05) is 19.9 Å².